The number of carbonyl (C=O) groups is 1. The van der Waals surface area contributed by atoms with E-state index in [2.05, 4.69) is 0 Å². The SMILES string of the molecule is CC.NC1CCCC(C=O)C1. The van der Waals surface area contributed by atoms with Gasteiger partial charge >= 0.3 is 0 Å². The molecule has 0 aliphatic heterocycles. The normalized spacial score (nSPS) is 30.1. The Morgan fingerprint density at radius 2 is 2.00 bits per heavy atom. The smallest absolute Gasteiger partial charge is 0.123 e. The van der Waals surface area contributed by atoms with Crippen LogP contribution in [-0.2, 0) is 4.79 Å². The van der Waals surface area contributed by atoms with E-state index in [0.717, 1.165) is 32.0 Å². The molecule has 0 aromatic rings. The zero-order valence-electron chi connectivity index (χ0n) is 7.55. The van der Waals surface area contributed by atoms with Crippen LogP contribution in [-0.4, -0.2) is 12.3 Å². The van der Waals surface area contributed by atoms with Gasteiger partial charge in [-0.05, 0) is 19.3 Å². The molecule has 0 aromatic heterocycles. The fraction of sp³-hybridized carbons (Fsp3) is 0.889. The average molecular weight is 157 g/mol. The van der Waals surface area contributed by atoms with Gasteiger partial charge in [0.2, 0.25) is 0 Å². The Morgan fingerprint density at radius 3 is 2.36 bits per heavy atom. The minimum absolute atomic E-state index is 0.258. The molecule has 1 fully saturated rings. The van der Waals surface area contributed by atoms with Crippen molar-refractivity contribution < 1.29 is 4.79 Å². The maximum atomic E-state index is 10.2. The fourth-order valence-electron chi connectivity index (χ4n) is 1.39. The Balaban J connectivity index is 0.000000461. The van der Waals surface area contributed by atoms with Gasteiger partial charge in [-0.1, -0.05) is 20.3 Å². The first kappa shape index (κ1) is 10.6. The van der Waals surface area contributed by atoms with E-state index in [0.29, 0.717) is 0 Å². The van der Waals surface area contributed by atoms with Crippen LogP contribution < -0.4 is 5.73 Å². The summed E-state index contributed by atoms with van der Waals surface area (Å²) in [6.07, 6.45) is 5.23. The summed E-state index contributed by atoms with van der Waals surface area (Å²) in [5, 5.41) is 0. The summed E-state index contributed by atoms with van der Waals surface area (Å²) in [5.74, 6) is 0.258. The number of hydrogen-bond donors (Lipinski definition) is 1. The van der Waals surface area contributed by atoms with E-state index < -0.39 is 0 Å². The lowest BCUT2D eigenvalue weighted by molar-refractivity contribution is -0.112. The Labute approximate surface area is 69.2 Å². The van der Waals surface area contributed by atoms with E-state index in [1.54, 1.807) is 0 Å². The summed E-state index contributed by atoms with van der Waals surface area (Å²) in [7, 11) is 0. The summed E-state index contributed by atoms with van der Waals surface area (Å²) in [6, 6.07) is 0.286. The minimum Gasteiger partial charge on any atom is -0.328 e. The number of hydrogen-bond acceptors (Lipinski definition) is 2. The maximum Gasteiger partial charge on any atom is 0.123 e. The molecule has 0 aromatic carbocycles. The van der Waals surface area contributed by atoms with Crippen molar-refractivity contribution in [1.29, 1.82) is 0 Å². The molecule has 66 valence electrons. The topological polar surface area (TPSA) is 43.1 Å². The van der Waals surface area contributed by atoms with Crippen molar-refractivity contribution in [2.75, 3.05) is 0 Å². The fourth-order valence-corrected chi connectivity index (χ4v) is 1.39. The summed E-state index contributed by atoms with van der Waals surface area (Å²) < 4.78 is 0. The highest BCUT2D eigenvalue weighted by Gasteiger charge is 2.17. The number of nitrogens with two attached hydrogens (primary N) is 1. The Kier molecular flexibility index (Phi) is 6.13. The van der Waals surface area contributed by atoms with Crippen molar-refractivity contribution in [3.63, 3.8) is 0 Å². The lowest BCUT2D eigenvalue weighted by Gasteiger charge is -2.21. The van der Waals surface area contributed by atoms with Gasteiger partial charge in [0.25, 0.3) is 0 Å². The van der Waals surface area contributed by atoms with Crippen molar-refractivity contribution in [3.8, 4) is 0 Å². The molecule has 1 aliphatic carbocycles. The molecule has 1 rings (SSSR count). The first-order valence-corrected chi connectivity index (χ1v) is 4.54. The lowest BCUT2D eigenvalue weighted by Crippen LogP contribution is -2.28. The average Bonchev–Trinajstić information content (AvgIpc) is 2.08. The molecule has 0 saturated heterocycles. The second kappa shape index (κ2) is 6.35. The molecule has 0 heterocycles. The second-order valence-corrected chi connectivity index (χ2v) is 2.82. The van der Waals surface area contributed by atoms with Crippen molar-refractivity contribution in [2.24, 2.45) is 11.7 Å². The molecular weight excluding hydrogens is 138 g/mol. The molecule has 0 amide bonds. The van der Waals surface area contributed by atoms with Crippen molar-refractivity contribution in [2.45, 2.75) is 45.6 Å². The summed E-state index contributed by atoms with van der Waals surface area (Å²) in [6.45, 7) is 4.00. The third kappa shape index (κ3) is 4.14. The van der Waals surface area contributed by atoms with Gasteiger partial charge in [-0.2, -0.15) is 0 Å². The predicted octanol–water partition coefficient (Wildman–Crippen LogP) is 1.73. The first-order chi connectivity index (χ1) is 5.33. The standard InChI is InChI=1S/C7H13NO.C2H6/c8-7-3-1-2-6(4-7)5-9;1-2/h5-7H,1-4,8H2;1-2H3. The molecule has 2 atom stereocenters. The number of rotatable bonds is 1. The van der Waals surface area contributed by atoms with Gasteiger partial charge in [-0.25, -0.2) is 0 Å². The highest BCUT2D eigenvalue weighted by Crippen LogP contribution is 2.20. The molecule has 2 N–H and O–H groups in total. The van der Waals surface area contributed by atoms with Gasteiger partial charge < -0.3 is 10.5 Å². The molecule has 0 bridgehead atoms. The molecule has 0 spiro atoms. The van der Waals surface area contributed by atoms with Gasteiger partial charge in [-0.3, -0.25) is 0 Å². The summed E-state index contributed by atoms with van der Waals surface area (Å²) >= 11 is 0. The van der Waals surface area contributed by atoms with Crippen molar-refractivity contribution >= 4 is 6.29 Å². The summed E-state index contributed by atoms with van der Waals surface area (Å²) in [5.41, 5.74) is 5.64. The van der Waals surface area contributed by atoms with Crippen LogP contribution in [0.5, 0.6) is 0 Å². The third-order valence-electron chi connectivity index (χ3n) is 1.95. The number of carbonyl (C=O) groups excluding carboxylic acids is 1. The van der Waals surface area contributed by atoms with Gasteiger partial charge in [-0.15, -0.1) is 0 Å². The van der Waals surface area contributed by atoms with Crippen molar-refractivity contribution in [3.05, 3.63) is 0 Å². The van der Waals surface area contributed by atoms with Crippen molar-refractivity contribution in [1.82, 2.24) is 0 Å². The Bertz CT molecular complexity index is 104. The zero-order valence-corrected chi connectivity index (χ0v) is 7.55. The van der Waals surface area contributed by atoms with Gasteiger partial charge in [0.1, 0.15) is 6.29 Å². The number of aldehydes is 1. The predicted molar refractivity (Wildman–Crippen MR) is 47.3 cm³/mol. The monoisotopic (exact) mass is 157 g/mol. The van der Waals surface area contributed by atoms with E-state index in [1.165, 1.54) is 0 Å². The summed E-state index contributed by atoms with van der Waals surface area (Å²) in [4.78, 5) is 10.2. The highest BCUT2D eigenvalue weighted by molar-refractivity contribution is 5.53. The molecule has 1 aliphatic rings. The van der Waals surface area contributed by atoms with Crippen LogP contribution in [0.3, 0.4) is 0 Å². The molecule has 1 saturated carbocycles. The van der Waals surface area contributed by atoms with Crippen LogP contribution in [0, 0.1) is 5.92 Å². The third-order valence-corrected chi connectivity index (χ3v) is 1.95. The van der Waals surface area contributed by atoms with E-state index in [4.69, 9.17) is 5.73 Å². The maximum absolute atomic E-state index is 10.2. The minimum atomic E-state index is 0.258. The van der Waals surface area contributed by atoms with E-state index in [-0.39, 0.29) is 12.0 Å². The molecular formula is C9H19NO. The molecule has 0 radical (unpaired) electrons. The van der Waals surface area contributed by atoms with Crippen LogP contribution in [0.25, 0.3) is 0 Å². The van der Waals surface area contributed by atoms with Crippen LogP contribution >= 0.6 is 0 Å². The van der Waals surface area contributed by atoms with Gasteiger partial charge in [0.05, 0.1) is 0 Å². The molecule has 2 nitrogen and oxygen atoms in total. The molecule has 2 heteroatoms. The van der Waals surface area contributed by atoms with E-state index in [1.807, 2.05) is 13.8 Å². The quantitative estimate of drug-likeness (QED) is 0.589. The van der Waals surface area contributed by atoms with Crippen LogP contribution in [0.1, 0.15) is 39.5 Å². The van der Waals surface area contributed by atoms with Crippen LogP contribution in [0.2, 0.25) is 0 Å². The lowest BCUT2D eigenvalue weighted by atomic mass is 9.87. The second-order valence-electron chi connectivity index (χ2n) is 2.82. The molecule has 2 unspecified atom stereocenters. The first-order valence-electron chi connectivity index (χ1n) is 4.54. The van der Waals surface area contributed by atoms with Crippen LogP contribution in [0.15, 0.2) is 0 Å². The van der Waals surface area contributed by atoms with Gasteiger partial charge in [0, 0.05) is 12.0 Å². The molecule has 11 heavy (non-hydrogen) atoms. The zero-order chi connectivity index (χ0) is 8.69. The van der Waals surface area contributed by atoms with Crippen LogP contribution in [0.4, 0.5) is 0 Å². The van der Waals surface area contributed by atoms with E-state index in [9.17, 15) is 4.79 Å². The highest BCUT2D eigenvalue weighted by atomic mass is 16.1. The largest absolute Gasteiger partial charge is 0.328 e. The Morgan fingerprint density at radius 1 is 1.36 bits per heavy atom. The Hall–Kier alpha value is -0.370. The van der Waals surface area contributed by atoms with E-state index >= 15 is 0 Å². The van der Waals surface area contributed by atoms with Gasteiger partial charge in [0.15, 0.2) is 0 Å².